The van der Waals surface area contributed by atoms with Gasteiger partial charge >= 0.3 is 0 Å². The number of rotatable bonds is 4. The van der Waals surface area contributed by atoms with Crippen LogP contribution in [0.2, 0.25) is 5.02 Å². The summed E-state index contributed by atoms with van der Waals surface area (Å²) < 4.78 is 21.8. The molecule has 1 N–H and O–H groups in total. The molecule has 0 spiro atoms. The van der Waals surface area contributed by atoms with Gasteiger partial charge < -0.3 is 5.11 Å². The van der Waals surface area contributed by atoms with Crippen molar-refractivity contribution in [1.29, 1.82) is 0 Å². The van der Waals surface area contributed by atoms with Crippen molar-refractivity contribution in [2.45, 2.75) is 12.5 Å². The Bertz CT molecular complexity index is 428. The third kappa shape index (κ3) is 4.64. The van der Waals surface area contributed by atoms with Crippen molar-refractivity contribution in [2.75, 3.05) is 12.0 Å². The molecule has 1 unspecified atom stereocenters. The van der Waals surface area contributed by atoms with Crippen molar-refractivity contribution < 1.29 is 13.5 Å². The minimum absolute atomic E-state index is 0.0271. The summed E-state index contributed by atoms with van der Waals surface area (Å²) in [6, 6.07) is 6.78. The van der Waals surface area contributed by atoms with Crippen molar-refractivity contribution in [3.8, 4) is 0 Å². The third-order valence-electron chi connectivity index (χ3n) is 2.00. The smallest absolute Gasteiger partial charge is 0.147 e. The quantitative estimate of drug-likeness (QED) is 0.884. The molecule has 0 saturated carbocycles. The minimum atomic E-state index is -3.03. The summed E-state index contributed by atoms with van der Waals surface area (Å²) in [5.41, 5.74) is 0.645. The zero-order valence-corrected chi connectivity index (χ0v) is 9.92. The summed E-state index contributed by atoms with van der Waals surface area (Å²) in [7, 11) is -3.03. The predicted molar refractivity (Wildman–Crippen MR) is 60.7 cm³/mol. The predicted octanol–water partition coefficient (Wildman–Crippen LogP) is 1.81. The van der Waals surface area contributed by atoms with Gasteiger partial charge in [-0.3, -0.25) is 0 Å². The lowest BCUT2D eigenvalue weighted by molar-refractivity contribution is 0.174. The molecule has 15 heavy (non-hydrogen) atoms. The second-order valence-electron chi connectivity index (χ2n) is 3.49. The fraction of sp³-hybridized carbons (Fsp3) is 0.400. The van der Waals surface area contributed by atoms with Crippen LogP contribution in [0.15, 0.2) is 24.3 Å². The van der Waals surface area contributed by atoms with Gasteiger partial charge in [-0.2, -0.15) is 0 Å². The Kier molecular flexibility index (Phi) is 4.13. The first kappa shape index (κ1) is 12.5. The molecule has 0 bridgehead atoms. The number of hydrogen-bond donors (Lipinski definition) is 1. The molecule has 1 atom stereocenters. The Hall–Kier alpha value is -0.580. The lowest BCUT2D eigenvalue weighted by atomic mass is 10.1. The highest BCUT2D eigenvalue weighted by Crippen LogP contribution is 2.20. The Morgan fingerprint density at radius 3 is 2.67 bits per heavy atom. The number of hydrogen-bond acceptors (Lipinski definition) is 3. The Labute approximate surface area is 94.6 Å². The highest BCUT2D eigenvalue weighted by Gasteiger charge is 2.11. The van der Waals surface area contributed by atoms with E-state index in [1.165, 1.54) is 0 Å². The first-order valence-electron chi connectivity index (χ1n) is 4.50. The Morgan fingerprint density at radius 1 is 1.47 bits per heavy atom. The van der Waals surface area contributed by atoms with Gasteiger partial charge in [-0.1, -0.05) is 23.7 Å². The van der Waals surface area contributed by atoms with Crippen molar-refractivity contribution in [1.82, 2.24) is 0 Å². The standard InChI is InChI=1S/C10H13ClO3S/c1-15(13,14)6-5-10(12)8-3-2-4-9(11)7-8/h2-4,7,10,12H,5-6H2,1H3. The van der Waals surface area contributed by atoms with Gasteiger partial charge in [0.05, 0.1) is 11.9 Å². The van der Waals surface area contributed by atoms with Gasteiger partial charge in [0, 0.05) is 11.3 Å². The Balaban J connectivity index is 2.65. The van der Waals surface area contributed by atoms with Crippen LogP contribution in [-0.4, -0.2) is 25.5 Å². The van der Waals surface area contributed by atoms with Crippen molar-refractivity contribution >= 4 is 21.4 Å². The van der Waals surface area contributed by atoms with E-state index in [1.54, 1.807) is 24.3 Å². The summed E-state index contributed by atoms with van der Waals surface area (Å²) >= 11 is 5.75. The molecule has 0 heterocycles. The summed E-state index contributed by atoms with van der Waals surface area (Å²) in [6.07, 6.45) is 0.565. The van der Waals surface area contributed by atoms with Crippen LogP contribution in [0.25, 0.3) is 0 Å². The maximum Gasteiger partial charge on any atom is 0.147 e. The highest BCUT2D eigenvalue weighted by atomic mass is 35.5. The second kappa shape index (κ2) is 4.96. The van der Waals surface area contributed by atoms with Crippen LogP contribution >= 0.6 is 11.6 Å². The molecule has 1 aromatic carbocycles. The van der Waals surface area contributed by atoms with Crippen molar-refractivity contribution in [3.05, 3.63) is 34.9 Å². The maximum absolute atomic E-state index is 10.9. The minimum Gasteiger partial charge on any atom is -0.388 e. The molecule has 0 amide bonds. The van der Waals surface area contributed by atoms with Crippen LogP contribution < -0.4 is 0 Å². The zero-order chi connectivity index (χ0) is 11.5. The highest BCUT2D eigenvalue weighted by molar-refractivity contribution is 7.90. The van der Waals surface area contributed by atoms with Crippen LogP contribution in [0.5, 0.6) is 0 Å². The number of benzene rings is 1. The largest absolute Gasteiger partial charge is 0.388 e. The molecule has 1 rings (SSSR count). The summed E-state index contributed by atoms with van der Waals surface area (Å²) in [5, 5.41) is 10.2. The molecule has 3 nitrogen and oxygen atoms in total. The molecule has 0 aliphatic rings. The van der Waals surface area contributed by atoms with Gasteiger partial charge in [0.25, 0.3) is 0 Å². The fourth-order valence-electron chi connectivity index (χ4n) is 1.21. The SMILES string of the molecule is CS(=O)(=O)CCC(O)c1cccc(Cl)c1. The Morgan fingerprint density at radius 2 is 2.13 bits per heavy atom. The van der Waals surface area contributed by atoms with E-state index in [9.17, 15) is 13.5 Å². The van der Waals surface area contributed by atoms with E-state index in [2.05, 4.69) is 0 Å². The van der Waals surface area contributed by atoms with Crippen LogP contribution in [-0.2, 0) is 9.84 Å². The number of aliphatic hydroxyl groups excluding tert-OH is 1. The van der Waals surface area contributed by atoms with Crippen LogP contribution in [0.1, 0.15) is 18.1 Å². The van der Waals surface area contributed by atoms with Gasteiger partial charge in [0.2, 0.25) is 0 Å². The average molecular weight is 249 g/mol. The van der Waals surface area contributed by atoms with E-state index in [-0.39, 0.29) is 12.2 Å². The second-order valence-corrected chi connectivity index (χ2v) is 6.19. The molecule has 0 aliphatic heterocycles. The van der Waals surface area contributed by atoms with E-state index in [0.29, 0.717) is 10.6 Å². The average Bonchev–Trinajstić information content (AvgIpc) is 2.13. The maximum atomic E-state index is 10.9. The monoisotopic (exact) mass is 248 g/mol. The van der Waals surface area contributed by atoms with Crippen molar-refractivity contribution in [2.24, 2.45) is 0 Å². The van der Waals surface area contributed by atoms with Gasteiger partial charge in [0.15, 0.2) is 0 Å². The van der Waals surface area contributed by atoms with E-state index in [1.807, 2.05) is 0 Å². The zero-order valence-electron chi connectivity index (χ0n) is 8.35. The normalized spacial score (nSPS) is 13.8. The van der Waals surface area contributed by atoms with Gasteiger partial charge in [-0.25, -0.2) is 8.42 Å². The topological polar surface area (TPSA) is 54.4 Å². The van der Waals surface area contributed by atoms with Crippen LogP contribution in [0.4, 0.5) is 0 Å². The van der Waals surface area contributed by atoms with E-state index < -0.39 is 15.9 Å². The van der Waals surface area contributed by atoms with E-state index in [0.717, 1.165) is 6.26 Å². The number of halogens is 1. The van der Waals surface area contributed by atoms with Gasteiger partial charge in [0.1, 0.15) is 9.84 Å². The molecule has 0 saturated heterocycles. The third-order valence-corrected chi connectivity index (χ3v) is 3.21. The van der Waals surface area contributed by atoms with E-state index >= 15 is 0 Å². The first-order valence-corrected chi connectivity index (χ1v) is 6.93. The van der Waals surface area contributed by atoms with Gasteiger partial charge in [-0.05, 0) is 24.1 Å². The lowest BCUT2D eigenvalue weighted by Crippen LogP contribution is -2.08. The molecular formula is C10H13ClO3S. The molecule has 0 aliphatic carbocycles. The van der Waals surface area contributed by atoms with E-state index in [4.69, 9.17) is 11.6 Å². The molecule has 0 aromatic heterocycles. The summed E-state index contributed by atoms with van der Waals surface area (Å²) in [4.78, 5) is 0. The molecule has 84 valence electrons. The molecule has 0 fully saturated rings. The summed E-state index contributed by atoms with van der Waals surface area (Å²) in [5.74, 6) is -0.0271. The van der Waals surface area contributed by atoms with Crippen LogP contribution in [0, 0.1) is 0 Å². The first-order chi connectivity index (χ1) is 6.88. The summed E-state index contributed by atoms with van der Waals surface area (Å²) in [6.45, 7) is 0. The molecular weight excluding hydrogens is 236 g/mol. The van der Waals surface area contributed by atoms with Crippen LogP contribution in [0.3, 0.4) is 0 Å². The fourth-order valence-corrected chi connectivity index (χ4v) is 2.06. The van der Waals surface area contributed by atoms with Crippen molar-refractivity contribution in [3.63, 3.8) is 0 Å². The number of sulfone groups is 1. The van der Waals surface area contributed by atoms with Gasteiger partial charge in [-0.15, -0.1) is 0 Å². The lowest BCUT2D eigenvalue weighted by Gasteiger charge is -2.10. The molecule has 1 aromatic rings. The molecule has 0 radical (unpaired) electrons. The molecule has 5 heteroatoms. The number of aliphatic hydroxyl groups is 1.